The molecule has 1 heterocycles. The van der Waals surface area contributed by atoms with Gasteiger partial charge in [-0.3, -0.25) is 19.7 Å². The quantitative estimate of drug-likeness (QED) is 0.252. The zero-order valence-electron chi connectivity index (χ0n) is 15.4. The molecule has 0 aromatic heterocycles. The number of carbonyl (C=O) groups excluding carboxylic acids is 2. The summed E-state index contributed by atoms with van der Waals surface area (Å²) in [5, 5.41) is 16.3. The first-order valence-electron chi connectivity index (χ1n) is 8.96. The van der Waals surface area contributed by atoms with Crippen molar-refractivity contribution in [3.63, 3.8) is 0 Å². The van der Waals surface area contributed by atoms with Crippen molar-refractivity contribution in [1.29, 1.82) is 0 Å². The minimum absolute atomic E-state index is 0.0575. The number of fused-ring (bicyclic) bond motifs is 1. The van der Waals surface area contributed by atoms with Gasteiger partial charge < -0.3 is 9.47 Å². The lowest BCUT2D eigenvalue weighted by molar-refractivity contribution is -0.385. The number of ether oxygens (including phenoxy) is 2. The van der Waals surface area contributed by atoms with Crippen LogP contribution in [-0.4, -0.2) is 42.2 Å². The van der Waals surface area contributed by atoms with Gasteiger partial charge >= 0.3 is 0 Å². The molecule has 0 spiro atoms. The van der Waals surface area contributed by atoms with Crippen molar-refractivity contribution >= 4 is 23.7 Å². The molecule has 9 nitrogen and oxygen atoms in total. The summed E-state index contributed by atoms with van der Waals surface area (Å²) in [5.41, 5.74) is -0.154. The Labute approximate surface area is 160 Å². The van der Waals surface area contributed by atoms with Gasteiger partial charge in [-0.2, -0.15) is 10.1 Å². The van der Waals surface area contributed by atoms with Gasteiger partial charge in [-0.15, -0.1) is 0 Å². The van der Waals surface area contributed by atoms with Crippen LogP contribution in [0.25, 0.3) is 0 Å². The highest BCUT2D eigenvalue weighted by Crippen LogP contribution is 2.49. The summed E-state index contributed by atoms with van der Waals surface area (Å²) in [6.07, 6.45) is 6.97. The second kappa shape index (κ2) is 6.74. The summed E-state index contributed by atoms with van der Waals surface area (Å²) in [4.78, 5) is 36.4. The Morgan fingerprint density at radius 1 is 1.07 bits per heavy atom. The molecule has 2 fully saturated rings. The Bertz CT molecular complexity index is 892. The number of hydrazone groups is 1. The molecule has 4 atom stereocenters. The number of methoxy groups -OCH3 is 2. The van der Waals surface area contributed by atoms with E-state index >= 15 is 0 Å². The summed E-state index contributed by atoms with van der Waals surface area (Å²) in [5.74, 6) is -0.841. The average Bonchev–Trinajstić information content (AvgIpc) is 2.98. The monoisotopic (exact) mass is 385 g/mol. The summed E-state index contributed by atoms with van der Waals surface area (Å²) >= 11 is 0. The van der Waals surface area contributed by atoms with Gasteiger partial charge in [0, 0.05) is 0 Å². The van der Waals surface area contributed by atoms with Gasteiger partial charge in [0.2, 0.25) is 0 Å². The maximum Gasteiger partial charge on any atom is 0.282 e. The molecule has 3 aliphatic carbocycles. The van der Waals surface area contributed by atoms with Gasteiger partial charge in [0.05, 0.1) is 48.8 Å². The van der Waals surface area contributed by atoms with Crippen molar-refractivity contribution in [1.82, 2.24) is 5.01 Å². The molecule has 9 heteroatoms. The fourth-order valence-corrected chi connectivity index (χ4v) is 4.44. The van der Waals surface area contributed by atoms with E-state index in [1.165, 1.54) is 26.4 Å². The maximum absolute atomic E-state index is 12.8. The van der Waals surface area contributed by atoms with Crippen molar-refractivity contribution in [2.75, 3.05) is 14.2 Å². The molecule has 0 unspecified atom stereocenters. The Balaban J connectivity index is 1.67. The number of imide groups is 1. The second-order valence-corrected chi connectivity index (χ2v) is 7.10. The Morgan fingerprint density at radius 3 is 2.07 bits per heavy atom. The summed E-state index contributed by atoms with van der Waals surface area (Å²) < 4.78 is 10.3. The van der Waals surface area contributed by atoms with Gasteiger partial charge in [0.25, 0.3) is 17.5 Å². The van der Waals surface area contributed by atoms with Gasteiger partial charge in [-0.25, -0.2) is 0 Å². The van der Waals surface area contributed by atoms with Crippen LogP contribution in [0.4, 0.5) is 5.69 Å². The van der Waals surface area contributed by atoms with Crippen LogP contribution < -0.4 is 9.47 Å². The van der Waals surface area contributed by atoms with E-state index < -0.39 is 4.92 Å². The third-order valence-electron chi connectivity index (χ3n) is 5.78. The highest BCUT2D eigenvalue weighted by atomic mass is 16.6. The summed E-state index contributed by atoms with van der Waals surface area (Å²) in [6.45, 7) is 0. The number of nitrogens with zero attached hydrogens (tertiary/aromatic N) is 3. The van der Waals surface area contributed by atoms with Crippen molar-refractivity contribution in [2.45, 2.75) is 12.8 Å². The van der Waals surface area contributed by atoms with Crippen molar-refractivity contribution in [2.24, 2.45) is 28.8 Å². The largest absolute Gasteiger partial charge is 0.493 e. The van der Waals surface area contributed by atoms with Gasteiger partial charge in [0.15, 0.2) is 11.5 Å². The number of nitro groups is 1. The number of amides is 2. The fourth-order valence-electron chi connectivity index (χ4n) is 4.44. The number of allylic oxidation sites excluding steroid dienone is 2. The van der Waals surface area contributed by atoms with Crippen LogP contribution in [-0.2, 0) is 9.59 Å². The predicted molar refractivity (Wildman–Crippen MR) is 98.0 cm³/mol. The Morgan fingerprint density at radius 2 is 1.61 bits per heavy atom. The molecule has 28 heavy (non-hydrogen) atoms. The lowest BCUT2D eigenvalue weighted by Gasteiger charge is -2.37. The first-order chi connectivity index (χ1) is 13.5. The normalized spacial score (nSPS) is 28.1. The SMILES string of the molecule is COc1cc(/C=N\N2C(=O)[C@@H]3[C@H](C2=O)[C@H]2C=C[C@H]3CC2)c([N+](=O)[O-])cc1OC. The third kappa shape index (κ3) is 2.65. The van der Waals surface area contributed by atoms with E-state index in [1.807, 2.05) is 12.2 Å². The number of hydrogen-bond acceptors (Lipinski definition) is 7. The van der Waals surface area contributed by atoms with E-state index in [-0.39, 0.29) is 58.2 Å². The molecule has 1 saturated heterocycles. The molecule has 2 amide bonds. The van der Waals surface area contributed by atoms with E-state index in [0.29, 0.717) is 0 Å². The molecule has 1 aromatic rings. The molecule has 5 rings (SSSR count). The second-order valence-electron chi connectivity index (χ2n) is 7.10. The minimum Gasteiger partial charge on any atom is -0.493 e. The summed E-state index contributed by atoms with van der Waals surface area (Å²) in [7, 11) is 2.78. The van der Waals surface area contributed by atoms with Crippen molar-refractivity contribution in [3.05, 3.63) is 40.0 Å². The van der Waals surface area contributed by atoms with Gasteiger partial charge in [-0.05, 0) is 30.7 Å². The Hall–Kier alpha value is -3.23. The van der Waals surface area contributed by atoms with Crippen LogP contribution in [0.15, 0.2) is 29.4 Å². The van der Waals surface area contributed by atoms with Crippen molar-refractivity contribution in [3.8, 4) is 11.5 Å². The molecule has 4 aliphatic rings. The molecular weight excluding hydrogens is 366 g/mol. The fraction of sp³-hybridized carbons (Fsp3) is 0.421. The highest BCUT2D eigenvalue weighted by Gasteiger charge is 2.56. The van der Waals surface area contributed by atoms with E-state index in [0.717, 1.165) is 24.1 Å². The van der Waals surface area contributed by atoms with E-state index in [4.69, 9.17) is 9.47 Å². The minimum atomic E-state index is -0.582. The molecule has 146 valence electrons. The molecule has 0 radical (unpaired) electrons. The number of benzene rings is 1. The number of nitro benzene ring substituents is 1. The highest BCUT2D eigenvalue weighted by molar-refractivity contribution is 6.06. The first-order valence-corrected chi connectivity index (χ1v) is 8.96. The maximum atomic E-state index is 12.8. The van der Waals surface area contributed by atoms with Crippen LogP contribution in [0.5, 0.6) is 11.5 Å². The number of rotatable bonds is 5. The molecule has 0 N–H and O–H groups in total. The van der Waals surface area contributed by atoms with Crippen LogP contribution >= 0.6 is 0 Å². The van der Waals surface area contributed by atoms with E-state index in [9.17, 15) is 19.7 Å². The zero-order chi connectivity index (χ0) is 20.0. The van der Waals surface area contributed by atoms with Crippen LogP contribution in [0.1, 0.15) is 18.4 Å². The number of hydrogen-bond donors (Lipinski definition) is 0. The molecule has 1 aromatic carbocycles. The lowest BCUT2D eigenvalue weighted by Crippen LogP contribution is -2.38. The molecular formula is C19H19N3O6. The van der Waals surface area contributed by atoms with E-state index in [1.54, 1.807) is 0 Å². The summed E-state index contributed by atoms with van der Waals surface area (Å²) in [6, 6.07) is 2.61. The topological polar surface area (TPSA) is 111 Å². The van der Waals surface area contributed by atoms with Gasteiger partial charge in [0.1, 0.15) is 0 Å². The molecule has 1 saturated carbocycles. The van der Waals surface area contributed by atoms with Crippen molar-refractivity contribution < 1.29 is 24.0 Å². The van der Waals surface area contributed by atoms with Crippen LogP contribution in [0, 0.1) is 33.8 Å². The molecule has 2 bridgehead atoms. The third-order valence-corrected chi connectivity index (χ3v) is 5.78. The first kappa shape index (κ1) is 18.1. The lowest BCUT2D eigenvalue weighted by atomic mass is 9.63. The Kier molecular flexibility index (Phi) is 4.37. The van der Waals surface area contributed by atoms with Crippen LogP contribution in [0.2, 0.25) is 0 Å². The van der Waals surface area contributed by atoms with E-state index in [2.05, 4.69) is 5.10 Å². The van der Waals surface area contributed by atoms with Crippen LogP contribution in [0.3, 0.4) is 0 Å². The van der Waals surface area contributed by atoms with Gasteiger partial charge in [-0.1, -0.05) is 12.2 Å². The zero-order valence-corrected chi connectivity index (χ0v) is 15.4. The average molecular weight is 385 g/mol. The smallest absolute Gasteiger partial charge is 0.282 e. The standard InChI is InChI=1S/C19H19N3O6/c1-27-14-7-12(13(22(25)26)8-15(14)28-2)9-20-21-18(23)16-10-3-4-11(6-5-10)17(16)19(21)24/h3-4,7-11,16-17H,5-6H2,1-2H3/b20-9-/t10-,11-,16-,17+/m0/s1. The molecule has 1 aliphatic heterocycles. The predicted octanol–water partition coefficient (Wildman–Crippen LogP) is 2.14. The number of carbonyl (C=O) groups is 2.